The molecule has 0 aliphatic carbocycles. The average Bonchev–Trinajstić information content (AvgIpc) is 3.67. The average molecular weight is 567 g/mol. The Labute approximate surface area is 251 Å². The molecule has 9 rings (SSSR count). The van der Waals surface area contributed by atoms with Crippen LogP contribution in [0.1, 0.15) is 0 Å². The predicted octanol–water partition coefficient (Wildman–Crippen LogP) is 9.73. The summed E-state index contributed by atoms with van der Waals surface area (Å²) in [6.45, 7) is 0. The molecule has 0 unspecified atom stereocenters. The molecule has 0 N–H and O–H groups in total. The van der Waals surface area contributed by atoms with E-state index in [0.717, 1.165) is 89.2 Å². The number of aromatic nitrogens is 4. The van der Waals surface area contributed by atoms with E-state index in [2.05, 4.69) is 34.2 Å². The van der Waals surface area contributed by atoms with Crippen molar-refractivity contribution in [1.29, 1.82) is 0 Å². The normalized spacial score (nSPS) is 11.6. The van der Waals surface area contributed by atoms with Gasteiger partial charge in [0.05, 0.1) is 34.2 Å². The first-order valence-corrected chi connectivity index (χ1v) is 14.4. The maximum atomic E-state index is 6.42. The number of pyridine rings is 4. The summed E-state index contributed by atoms with van der Waals surface area (Å²) < 4.78 is 12.8. The Balaban J connectivity index is 1.14. The minimum Gasteiger partial charge on any atom is -0.452 e. The van der Waals surface area contributed by atoms with E-state index < -0.39 is 0 Å². The second kappa shape index (κ2) is 9.71. The molecule has 9 aromatic rings. The zero-order valence-corrected chi connectivity index (χ0v) is 23.3. The molecule has 3 aromatic carbocycles. The van der Waals surface area contributed by atoms with Crippen LogP contribution in [0.4, 0.5) is 0 Å². The Hall–Kier alpha value is -6.14. The van der Waals surface area contributed by atoms with Crippen molar-refractivity contribution >= 4 is 43.9 Å². The number of furan rings is 2. The topological polar surface area (TPSA) is 77.8 Å². The highest BCUT2D eigenvalue weighted by Crippen LogP contribution is 2.40. The molecule has 6 aromatic heterocycles. The monoisotopic (exact) mass is 566 g/mol. The first-order valence-electron chi connectivity index (χ1n) is 14.4. The Kier molecular flexibility index (Phi) is 5.40. The van der Waals surface area contributed by atoms with Crippen LogP contribution in [0.2, 0.25) is 0 Å². The lowest BCUT2D eigenvalue weighted by Crippen LogP contribution is -1.89. The van der Waals surface area contributed by atoms with E-state index >= 15 is 0 Å². The first-order chi connectivity index (χ1) is 21.8. The lowest BCUT2D eigenvalue weighted by Gasteiger charge is -2.05. The molecule has 0 atom stereocenters. The van der Waals surface area contributed by atoms with Crippen LogP contribution in [0.5, 0.6) is 0 Å². The van der Waals surface area contributed by atoms with Gasteiger partial charge in [0.15, 0.2) is 11.2 Å². The van der Waals surface area contributed by atoms with Crippen LogP contribution in [0.25, 0.3) is 89.2 Å². The summed E-state index contributed by atoms with van der Waals surface area (Å²) >= 11 is 0. The van der Waals surface area contributed by atoms with Gasteiger partial charge in [-0.15, -0.1) is 0 Å². The largest absolute Gasteiger partial charge is 0.452 e. The van der Waals surface area contributed by atoms with E-state index in [4.69, 9.17) is 18.8 Å². The van der Waals surface area contributed by atoms with Gasteiger partial charge < -0.3 is 8.83 Å². The Bertz CT molecular complexity index is 2320. The highest BCUT2D eigenvalue weighted by Gasteiger charge is 2.18. The van der Waals surface area contributed by atoms with Crippen LogP contribution in [-0.2, 0) is 0 Å². The van der Waals surface area contributed by atoms with Gasteiger partial charge in [0.2, 0.25) is 0 Å². The van der Waals surface area contributed by atoms with E-state index in [1.807, 2.05) is 97.1 Å². The van der Waals surface area contributed by atoms with Crippen LogP contribution < -0.4 is 0 Å². The van der Waals surface area contributed by atoms with Gasteiger partial charge in [-0.2, -0.15) is 0 Å². The van der Waals surface area contributed by atoms with E-state index in [9.17, 15) is 0 Å². The highest BCUT2D eigenvalue weighted by molar-refractivity contribution is 6.19. The Morgan fingerprint density at radius 3 is 1.27 bits per heavy atom. The third kappa shape index (κ3) is 3.96. The van der Waals surface area contributed by atoms with Crippen LogP contribution >= 0.6 is 0 Å². The van der Waals surface area contributed by atoms with Gasteiger partial charge in [-0.05, 0) is 97.1 Å². The minimum absolute atomic E-state index is 0.734. The van der Waals surface area contributed by atoms with E-state index in [-0.39, 0.29) is 0 Å². The van der Waals surface area contributed by atoms with Crippen molar-refractivity contribution in [2.75, 3.05) is 0 Å². The molecule has 6 heterocycles. The smallest absolute Gasteiger partial charge is 0.178 e. The minimum atomic E-state index is 0.734. The first kappa shape index (κ1) is 24.5. The fourth-order valence-electron chi connectivity index (χ4n) is 5.89. The number of fused-ring (bicyclic) bond motifs is 7. The number of hydrogen-bond acceptors (Lipinski definition) is 6. The Morgan fingerprint density at radius 1 is 0.364 bits per heavy atom. The molecular weight excluding hydrogens is 544 g/mol. The molecule has 0 amide bonds. The SMILES string of the molecule is c1ccc(-c2cccc(-c3ccc4oc5c(ccc6c7cc(-c8cccc(-c9ccccn9)n8)ccc7oc65)c4c3)n2)nc1. The van der Waals surface area contributed by atoms with Gasteiger partial charge in [0.25, 0.3) is 0 Å². The summed E-state index contributed by atoms with van der Waals surface area (Å²) in [5.41, 5.74) is 10.2. The summed E-state index contributed by atoms with van der Waals surface area (Å²) in [6.07, 6.45) is 3.57. The zero-order valence-electron chi connectivity index (χ0n) is 23.3. The predicted molar refractivity (Wildman–Crippen MR) is 174 cm³/mol. The van der Waals surface area contributed by atoms with Crippen LogP contribution in [0, 0.1) is 0 Å². The standard InChI is InChI=1S/C38H22N4O2/c1-3-19-39-31(7-1)33-11-5-9-29(41-33)23-13-17-35-27(21-23)25-15-16-26-28-22-24(14-18-36(28)44-38(26)37(25)43-35)30-10-6-12-34(42-30)32-8-2-4-20-40-32/h1-22H. The van der Waals surface area contributed by atoms with Crippen molar-refractivity contribution in [2.24, 2.45) is 0 Å². The number of rotatable bonds is 4. The summed E-state index contributed by atoms with van der Waals surface area (Å²) in [5, 5.41) is 4.03. The molecule has 0 bridgehead atoms. The summed E-state index contributed by atoms with van der Waals surface area (Å²) in [6, 6.07) is 40.3. The second-order valence-corrected chi connectivity index (χ2v) is 10.7. The molecule has 0 radical (unpaired) electrons. The fraction of sp³-hybridized carbons (Fsp3) is 0. The molecule has 0 fully saturated rings. The van der Waals surface area contributed by atoms with Crippen LogP contribution in [0.15, 0.2) is 143 Å². The molecule has 44 heavy (non-hydrogen) atoms. The van der Waals surface area contributed by atoms with Crippen molar-refractivity contribution in [3.8, 4) is 45.3 Å². The van der Waals surface area contributed by atoms with Gasteiger partial charge in [-0.1, -0.05) is 24.3 Å². The third-order valence-corrected chi connectivity index (χ3v) is 8.02. The number of hydrogen-bond donors (Lipinski definition) is 0. The van der Waals surface area contributed by atoms with Crippen molar-refractivity contribution in [3.05, 3.63) is 134 Å². The van der Waals surface area contributed by atoms with E-state index in [1.54, 1.807) is 12.4 Å². The molecule has 0 saturated heterocycles. The summed E-state index contributed by atoms with van der Waals surface area (Å²) in [7, 11) is 0. The molecule has 0 saturated carbocycles. The van der Waals surface area contributed by atoms with Gasteiger partial charge in [0.1, 0.15) is 11.2 Å². The van der Waals surface area contributed by atoms with Crippen molar-refractivity contribution < 1.29 is 8.83 Å². The molecule has 0 aliphatic heterocycles. The molecule has 6 heteroatoms. The van der Waals surface area contributed by atoms with E-state index in [0.29, 0.717) is 0 Å². The molecule has 206 valence electrons. The van der Waals surface area contributed by atoms with Gasteiger partial charge in [0, 0.05) is 45.1 Å². The van der Waals surface area contributed by atoms with Gasteiger partial charge >= 0.3 is 0 Å². The molecule has 0 spiro atoms. The maximum Gasteiger partial charge on any atom is 0.178 e. The van der Waals surface area contributed by atoms with Crippen LogP contribution in [-0.4, -0.2) is 19.9 Å². The van der Waals surface area contributed by atoms with E-state index in [1.165, 1.54) is 0 Å². The highest BCUT2D eigenvalue weighted by atomic mass is 16.4. The second-order valence-electron chi connectivity index (χ2n) is 10.7. The zero-order chi connectivity index (χ0) is 29.0. The molecule has 6 nitrogen and oxygen atoms in total. The van der Waals surface area contributed by atoms with Crippen molar-refractivity contribution in [2.45, 2.75) is 0 Å². The Morgan fingerprint density at radius 2 is 0.818 bits per heavy atom. The quantitative estimate of drug-likeness (QED) is 0.211. The molecular formula is C38H22N4O2. The van der Waals surface area contributed by atoms with Gasteiger partial charge in [-0.3, -0.25) is 9.97 Å². The number of nitrogens with zero attached hydrogens (tertiary/aromatic N) is 4. The van der Waals surface area contributed by atoms with Crippen LogP contribution in [0.3, 0.4) is 0 Å². The summed E-state index contributed by atoms with van der Waals surface area (Å²) in [4.78, 5) is 18.7. The number of benzene rings is 3. The van der Waals surface area contributed by atoms with Crippen molar-refractivity contribution in [3.63, 3.8) is 0 Å². The van der Waals surface area contributed by atoms with Gasteiger partial charge in [-0.25, -0.2) is 9.97 Å². The lowest BCUT2D eigenvalue weighted by molar-refractivity contribution is 0.633. The maximum absolute atomic E-state index is 6.42. The molecule has 0 aliphatic rings. The lowest BCUT2D eigenvalue weighted by atomic mass is 10.0. The third-order valence-electron chi connectivity index (χ3n) is 8.02. The van der Waals surface area contributed by atoms with Crippen molar-refractivity contribution in [1.82, 2.24) is 19.9 Å². The summed E-state index contributed by atoms with van der Waals surface area (Å²) in [5.74, 6) is 0. The fourth-order valence-corrected chi connectivity index (χ4v) is 5.89.